The maximum Gasteiger partial charge on any atom is 0.333 e. The fourth-order valence-electron chi connectivity index (χ4n) is 5.98. The van der Waals surface area contributed by atoms with Gasteiger partial charge in [0.15, 0.2) is 0 Å². The van der Waals surface area contributed by atoms with Crippen LogP contribution >= 0.6 is 23.2 Å². The van der Waals surface area contributed by atoms with Gasteiger partial charge in [-0.3, -0.25) is 0 Å². The number of aryl methyl sites for hydroxylation is 2. The number of carbonyl (C=O) groups excluding carboxylic acids is 2. The van der Waals surface area contributed by atoms with Crippen molar-refractivity contribution in [2.75, 3.05) is 13.2 Å². The average Bonchev–Trinajstić information content (AvgIpc) is 3.77. The molecule has 0 atom stereocenters. The topological polar surface area (TPSA) is 154 Å². The molecule has 4 aromatic carbocycles. The highest BCUT2D eigenvalue weighted by atomic mass is 35.5. The SMILES string of the molecule is C=C(C)C(=O)OCCCCc1cc(Cc2cc(CCCCOC(=O)C(=C)C)cc(-n3nc4ccc(Cl)cc4n3)c2O)c(O)c(-n2nc3ccc(Cl)cc3n2)c1. The van der Waals surface area contributed by atoms with Gasteiger partial charge in [-0.15, -0.1) is 30.0 Å². The van der Waals surface area contributed by atoms with Crippen molar-refractivity contribution >= 4 is 57.2 Å². The second-order valence-corrected chi connectivity index (χ2v) is 14.3. The molecule has 0 saturated carbocycles. The normalized spacial score (nSPS) is 11.3. The van der Waals surface area contributed by atoms with Gasteiger partial charge < -0.3 is 19.7 Å². The Bertz CT molecular complexity index is 2270. The summed E-state index contributed by atoms with van der Waals surface area (Å²) < 4.78 is 10.5. The largest absolute Gasteiger partial charge is 0.505 e. The van der Waals surface area contributed by atoms with E-state index in [1.807, 2.05) is 24.3 Å². The smallest absolute Gasteiger partial charge is 0.333 e. The fourth-order valence-corrected chi connectivity index (χ4v) is 6.31. The molecule has 6 aromatic rings. The van der Waals surface area contributed by atoms with Gasteiger partial charge >= 0.3 is 11.9 Å². The van der Waals surface area contributed by atoms with E-state index >= 15 is 0 Å². The molecule has 2 aromatic heterocycles. The van der Waals surface area contributed by atoms with E-state index in [1.165, 1.54) is 9.59 Å². The molecule has 0 spiro atoms. The zero-order valence-electron chi connectivity index (χ0n) is 30.5. The molecule has 2 N–H and O–H groups in total. The van der Waals surface area contributed by atoms with Crippen LogP contribution in [0.15, 0.2) is 85.0 Å². The first-order chi connectivity index (χ1) is 26.4. The van der Waals surface area contributed by atoms with Crippen LogP contribution in [0.25, 0.3) is 33.4 Å². The highest BCUT2D eigenvalue weighted by molar-refractivity contribution is 6.31. The molecule has 6 rings (SSSR count). The number of fused-ring (bicyclic) bond motifs is 2. The summed E-state index contributed by atoms with van der Waals surface area (Å²) in [6, 6.07) is 17.8. The third-order valence-electron chi connectivity index (χ3n) is 8.84. The minimum absolute atomic E-state index is 0.0613. The number of aromatic hydroxyl groups is 2. The second-order valence-electron chi connectivity index (χ2n) is 13.4. The summed E-state index contributed by atoms with van der Waals surface area (Å²) in [5.41, 5.74) is 6.51. The Morgan fingerprint density at radius 2 is 1.02 bits per heavy atom. The summed E-state index contributed by atoms with van der Waals surface area (Å²) in [6.45, 7) is 11.0. The molecule has 0 unspecified atom stereocenters. The van der Waals surface area contributed by atoms with Crippen LogP contribution in [0.5, 0.6) is 11.5 Å². The molecule has 284 valence electrons. The summed E-state index contributed by atoms with van der Waals surface area (Å²) in [5, 5.41) is 43.1. The van der Waals surface area contributed by atoms with Gasteiger partial charge in [-0.05, 0) is 112 Å². The molecule has 0 aliphatic rings. The van der Waals surface area contributed by atoms with Crippen molar-refractivity contribution in [3.05, 3.63) is 117 Å². The van der Waals surface area contributed by atoms with Crippen LogP contribution in [0.4, 0.5) is 0 Å². The fraction of sp³-hybridized carbons (Fsp3) is 0.268. The van der Waals surface area contributed by atoms with E-state index < -0.39 is 11.9 Å². The van der Waals surface area contributed by atoms with Crippen molar-refractivity contribution in [1.82, 2.24) is 30.0 Å². The Kier molecular flexibility index (Phi) is 12.2. The Labute approximate surface area is 327 Å². The van der Waals surface area contributed by atoms with Crippen LogP contribution in [0.2, 0.25) is 10.0 Å². The number of aromatic nitrogens is 6. The molecule has 0 fully saturated rings. The number of rotatable bonds is 16. The quantitative estimate of drug-likeness (QED) is 0.0556. The number of nitrogens with zero attached hydrogens (tertiary/aromatic N) is 6. The number of ether oxygens (including phenoxy) is 2. The predicted octanol–water partition coefficient (Wildman–Crippen LogP) is 8.35. The predicted molar refractivity (Wildman–Crippen MR) is 211 cm³/mol. The van der Waals surface area contributed by atoms with Crippen molar-refractivity contribution in [2.24, 2.45) is 0 Å². The number of hydrogen-bond acceptors (Lipinski definition) is 10. The van der Waals surface area contributed by atoms with Gasteiger partial charge in [0.1, 0.15) is 44.9 Å². The Balaban J connectivity index is 1.35. The summed E-state index contributed by atoms with van der Waals surface area (Å²) >= 11 is 12.5. The number of phenolic OH excluding ortho intramolecular Hbond substituents is 2. The first kappa shape index (κ1) is 39.0. The van der Waals surface area contributed by atoms with Gasteiger partial charge in [0, 0.05) is 38.7 Å². The number of unbranched alkanes of at least 4 members (excludes halogenated alkanes) is 2. The van der Waals surface area contributed by atoms with Crippen LogP contribution in [0.3, 0.4) is 0 Å². The van der Waals surface area contributed by atoms with Crippen LogP contribution in [0, 0.1) is 0 Å². The molecule has 14 heteroatoms. The molecule has 2 heterocycles. The molecule has 0 bridgehead atoms. The number of phenols is 2. The summed E-state index contributed by atoms with van der Waals surface area (Å²) in [7, 11) is 0. The van der Waals surface area contributed by atoms with Crippen LogP contribution in [-0.2, 0) is 38.3 Å². The summed E-state index contributed by atoms with van der Waals surface area (Å²) in [5.74, 6) is -0.982. The van der Waals surface area contributed by atoms with Crippen molar-refractivity contribution in [3.63, 3.8) is 0 Å². The van der Waals surface area contributed by atoms with E-state index in [4.69, 9.17) is 32.7 Å². The van der Waals surface area contributed by atoms with E-state index in [-0.39, 0.29) is 31.1 Å². The lowest BCUT2D eigenvalue weighted by Crippen LogP contribution is -2.07. The standard InChI is InChI=1S/C41H40Cl2N6O6/c1-24(2)40(52)54-15-7-5-9-26-17-28(38(50)36(19-26)48-44-32-13-11-30(42)22-34(32)46-48)21-29-18-27(10-6-8-16-55-41(53)25(3)4)20-37(39(29)51)49-45-33-14-12-31(43)23-35(33)47-49/h11-14,17-20,22-23,50-51H,1,3,5-10,15-16,21H2,2,4H3. The van der Waals surface area contributed by atoms with Gasteiger partial charge in [-0.2, -0.15) is 0 Å². The van der Waals surface area contributed by atoms with E-state index in [0.29, 0.717) is 104 Å². The first-order valence-corrected chi connectivity index (χ1v) is 18.5. The molecule has 0 amide bonds. The molecule has 12 nitrogen and oxygen atoms in total. The number of halogens is 2. The van der Waals surface area contributed by atoms with Crippen LogP contribution in [0.1, 0.15) is 61.8 Å². The molecule has 0 aliphatic heterocycles. The van der Waals surface area contributed by atoms with Crippen LogP contribution < -0.4 is 0 Å². The van der Waals surface area contributed by atoms with Crippen LogP contribution in [-0.4, -0.2) is 65.4 Å². The first-order valence-electron chi connectivity index (χ1n) is 17.8. The molecule has 0 aliphatic carbocycles. The monoisotopic (exact) mass is 782 g/mol. The van der Waals surface area contributed by atoms with E-state index in [0.717, 1.165) is 11.1 Å². The van der Waals surface area contributed by atoms with Gasteiger partial charge in [0.2, 0.25) is 0 Å². The number of benzene rings is 4. The highest BCUT2D eigenvalue weighted by Crippen LogP contribution is 2.36. The molecular formula is C41H40Cl2N6O6. The van der Waals surface area contributed by atoms with Gasteiger partial charge in [-0.1, -0.05) is 48.5 Å². The third-order valence-corrected chi connectivity index (χ3v) is 9.31. The maximum atomic E-state index is 11.9. The lowest BCUT2D eigenvalue weighted by molar-refractivity contribution is -0.139. The number of hydrogen-bond donors (Lipinski definition) is 2. The van der Waals surface area contributed by atoms with Gasteiger partial charge in [-0.25, -0.2) is 9.59 Å². The third kappa shape index (κ3) is 9.51. The van der Waals surface area contributed by atoms with Gasteiger partial charge in [0.05, 0.1) is 13.2 Å². The lowest BCUT2D eigenvalue weighted by atomic mass is 9.95. The lowest BCUT2D eigenvalue weighted by Gasteiger charge is -2.16. The molecule has 55 heavy (non-hydrogen) atoms. The van der Waals surface area contributed by atoms with Crippen molar-refractivity contribution in [3.8, 4) is 22.9 Å². The van der Waals surface area contributed by atoms with Crippen molar-refractivity contribution in [2.45, 2.75) is 58.8 Å². The summed E-state index contributed by atoms with van der Waals surface area (Å²) in [4.78, 5) is 26.5. The molecule has 0 saturated heterocycles. The molecule has 0 radical (unpaired) electrons. The Hall–Kier alpha value is -5.72. The molecular weight excluding hydrogens is 743 g/mol. The van der Waals surface area contributed by atoms with E-state index in [2.05, 4.69) is 33.6 Å². The zero-order chi connectivity index (χ0) is 39.2. The van der Waals surface area contributed by atoms with Gasteiger partial charge in [0.25, 0.3) is 0 Å². The highest BCUT2D eigenvalue weighted by Gasteiger charge is 2.20. The van der Waals surface area contributed by atoms with E-state index in [1.54, 1.807) is 50.2 Å². The minimum Gasteiger partial charge on any atom is -0.505 e. The second kappa shape index (κ2) is 17.2. The Morgan fingerprint density at radius 3 is 1.42 bits per heavy atom. The number of carbonyl (C=O) groups is 2. The van der Waals surface area contributed by atoms with Crippen molar-refractivity contribution < 1.29 is 29.3 Å². The average molecular weight is 784 g/mol. The minimum atomic E-state index is -0.430. The van der Waals surface area contributed by atoms with Crippen molar-refractivity contribution in [1.29, 1.82) is 0 Å². The Morgan fingerprint density at radius 1 is 0.618 bits per heavy atom. The number of esters is 2. The summed E-state index contributed by atoms with van der Waals surface area (Å²) in [6.07, 6.45) is 3.92. The maximum absolute atomic E-state index is 11.9. The zero-order valence-corrected chi connectivity index (χ0v) is 32.0. The van der Waals surface area contributed by atoms with E-state index in [9.17, 15) is 19.8 Å².